The summed E-state index contributed by atoms with van der Waals surface area (Å²) in [5.74, 6) is 0.894. The number of aliphatic hydroxyl groups is 1. The van der Waals surface area contributed by atoms with Crippen molar-refractivity contribution < 1.29 is 43.2 Å². The first-order valence-corrected chi connectivity index (χ1v) is 18.2. The molecule has 5 aromatic rings. The van der Waals surface area contributed by atoms with Crippen molar-refractivity contribution in [2.45, 2.75) is 99.6 Å². The molecule has 0 spiro atoms. The van der Waals surface area contributed by atoms with Crippen LogP contribution in [0.3, 0.4) is 0 Å². The summed E-state index contributed by atoms with van der Waals surface area (Å²) < 4.78 is 42.3. The number of fused-ring (bicyclic) bond motifs is 4. The van der Waals surface area contributed by atoms with Crippen LogP contribution in [0, 0.1) is 23.3 Å². The molecule has 0 unspecified atom stereocenters. The molecule has 5 rings (SSSR count). The Kier molecular flexibility index (Phi) is 14.4. The average Bonchev–Trinajstić information content (AvgIpc) is 3.43. The van der Waals surface area contributed by atoms with Gasteiger partial charge >= 0.3 is 6.18 Å². The van der Waals surface area contributed by atoms with E-state index in [1.54, 1.807) is 11.3 Å². The van der Waals surface area contributed by atoms with E-state index in [9.17, 15) is 23.1 Å². The standard InChI is InChI=1S/C29H25F3NS.C13H24O2.Ir/c1-17(2)24-15-20(14-19-7-5-6-8-21(19)24)26-27-23(11-12-33-26)22-10-9-18(13-25(22)34-27)16-28(3,4)29(30,31)32;1-5-10(6-2)12(14)9-13(15)11(7-3)8-4;/h5-13,15,17H,16H2,1-4H3;9-11,14H,5-8H2,1-4H3;/q-1;;/b;12-9-;. The van der Waals surface area contributed by atoms with Gasteiger partial charge in [0, 0.05) is 59.3 Å². The zero-order valence-electron chi connectivity index (χ0n) is 30.3. The summed E-state index contributed by atoms with van der Waals surface area (Å²) in [6, 6.07) is 21.7. The fourth-order valence-corrected chi connectivity index (χ4v) is 7.57. The summed E-state index contributed by atoms with van der Waals surface area (Å²) in [6.07, 6.45) is 2.41. The Hall–Kier alpha value is -3.06. The number of hydrogen-bond acceptors (Lipinski definition) is 4. The number of allylic oxidation sites excluding steroid dienone is 2. The molecule has 0 aliphatic carbocycles. The Bertz CT molecular complexity index is 1930. The van der Waals surface area contributed by atoms with Gasteiger partial charge in [-0.15, -0.1) is 40.5 Å². The second kappa shape index (κ2) is 17.4. The maximum absolute atomic E-state index is 13.4. The number of hydrogen-bond donors (Lipinski definition) is 1. The molecule has 3 aromatic carbocycles. The molecule has 0 saturated heterocycles. The molecule has 0 aliphatic rings. The molecular formula is C42H49F3IrNO2S-. The van der Waals surface area contributed by atoms with Crippen LogP contribution in [0.25, 0.3) is 42.2 Å². The Labute approximate surface area is 312 Å². The van der Waals surface area contributed by atoms with Gasteiger partial charge in [0.2, 0.25) is 0 Å². The fourth-order valence-electron chi connectivity index (χ4n) is 6.30. The van der Waals surface area contributed by atoms with Crippen molar-refractivity contribution in [1.82, 2.24) is 4.98 Å². The maximum Gasteiger partial charge on any atom is 0.394 e. The number of halogens is 3. The minimum absolute atomic E-state index is 0. The molecule has 1 radical (unpaired) electrons. The van der Waals surface area contributed by atoms with E-state index in [0.29, 0.717) is 11.5 Å². The molecule has 0 fully saturated rings. The van der Waals surface area contributed by atoms with Gasteiger partial charge in [0.15, 0.2) is 5.78 Å². The van der Waals surface area contributed by atoms with Crippen LogP contribution >= 0.6 is 11.3 Å². The Balaban J connectivity index is 0.000000361. The molecule has 1 N–H and O–H groups in total. The number of aliphatic hydroxyl groups excluding tert-OH is 1. The molecule has 8 heteroatoms. The van der Waals surface area contributed by atoms with Gasteiger partial charge in [-0.1, -0.05) is 96.7 Å². The van der Waals surface area contributed by atoms with E-state index in [-0.39, 0.29) is 49.9 Å². The normalized spacial score (nSPS) is 12.6. The minimum Gasteiger partial charge on any atom is -0.512 e. The number of nitrogens with zero attached hydrogens (tertiary/aromatic N) is 1. The number of aromatic nitrogens is 1. The summed E-state index contributed by atoms with van der Waals surface area (Å²) in [6.45, 7) is 15.0. The van der Waals surface area contributed by atoms with Crippen LogP contribution < -0.4 is 0 Å². The summed E-state index contributed by atoms with van der Waals surface area (Å²) in [7, 11) is 0. The van der Waals surface area contributed by atoms with Crippen molar-refractivity contribution in [3.8, 4) is 11.3 Å². The number of carbonyl (C=O) groups excluding carboxylic acids is 1. The topological polar surface area (TPSA) is 50.2 Å². The zero-order chi connectivity index (χ0) is 36.1. The van der Waals surface area contributed by atoms with E-state index in [1.165, 1.54) is 30.9 Å². The van der Waals surface area contributed by atoms with Crippen LogP contribution in [0.1, 0.15) is 98.1 Å². The van der Waals surface area contributed by atoms with Crippen molar-refractivity contribution in [3.63, 3.8) is 0 Å². The molecule has 2 heterocycles. The van der Waals surface area contributed by atoms with Crippen molar-refractivity contribution >= 4 is 48.1 Å². The molecule has 3 nitrogen and oxygen atoms in total. The molecule has 50 heavy (non-hydrogen) atoms. The van der Waals surface area contributed by atoms with Crippen LogP contribution in [-0.4, -0.2) is 22.1 Å². The van der Waals surface area contributed by atoms with E-state index < -0.39 is 11.6 Å². The van der Waals surface area contributed by atoms with Crippen molar-refractivity contribution in [2.75, 3.05) is 0 Å². The third-order valence-electron chi connectivity index (χ3n) is 9.63. The third-order valence-corrected chi connectivity index (χ3v) is 10.8. The van der Waals surface area contributed by atoms with Crippen molar-refractivity contribution in [3.05, 3.63) is 89.8 Å². The number of alkyl halides is 3. The van der Waals surface area contributed by atoms with Gasteiger partial charge in [0.05, 0.1) is 11.2 Å². The van der Waals surface area contributed by atoms with Gasteiger partial charge in [0.25, 0.3) is 0 Å². The van der Waals surface area contributed by atoms with Crippen LogP contribution in [0.15, 0.2) is 72.6 Å². The largest absolute Gasteiger partial charge is 0.512 e. The molecular weight excluding hydrogens is 832 g/mol. The Morgan fingerprint density at radius 3 is 2.14 bits per heavy atom. The van der Waals surface area contributed by atoms with Gasteiger partial charge in [-0.05, 0) is 66.5 Å². The smallest absolute Gasteiger partial charge is 0.394 e. The van der Waals surface area contributed by atoms with Gasteiger partial charge < -0.3 is 5.11 Å². The predicted octanol–water partition coefficient (Wildman–Crippen LogP) is 13.2. The van der Waals surface area contributed by atoms with Crippen LogP contribution in [0.5, 0.6) is 0 Å². The second-order valence-corrected chi connectivity index (χ2v) is 14.9. The summed E-state index contributed by atoms with van der Waals surface area (Å²) >= 11 is 1.59. The van der Waals surface area contributed by atoms with E-state index in [0.717, 1.165) is 62.5 Å². The number of ketones is 1. The molecule has 0 atom stereocenters. The predicted molar refractivity (Wildman–Crippen MR) is 200 cm³/mol. The Morgan fingerprint density at radius 1 is 0.900 bits per heavy atom. The van der Waals surface area contributed by atoms with E-state index in [4.69, 9.17) is 4.98 Å². The molecule has 0 bridgehead atoms. The van der Waals surface area contributed by atoms with Crippen LogP contribution in [0.2, 0.25) is 0 Å². The van der Waals surface area contributed by atoms with Crippen molar-refractivity contribution in [1.29, 1.82) is 0 Å². The van der Waals surface area contributed by atoms with Crippen LogP contribution in [0.4, 0.5) is 13.2 Å². The first kappa shape index (κ1) is 41.4. The number of thiophene rings is 1. The SMILES string of the molecule is CC(C)c1cc(-c2nccc3c2sc2cc(CC(C)(C)C(F)(F)F)ccc23)[c-]c2ccccc12.CCC(CC)C(=O)/C=C(\O)C(CC)CC.[Ir]. The van der Waals surface area contributed by atoms with Gasteiger partial charge in [0.1, 0.15) is 0 Å². The quantitative estimate of drug-likeness (QED) is 0.0817. The monoisotopic (exact) mass is 881 g/mol. The summed E-state index contributed by atoms with van der Waals surface area (Å²) in [4.78, 5) is 16.4. The van der Waals surface area contributed by atoms with E-state index >= 15 is 0 Å². The molecule has 0 amide bonds. The van der Waals surface area contributed by atoms with Crippen molar-refractivity contribution in [2.24, 2.45) is 17.3 Å². The van der Waals surface area contributed by atoms with Gasteiger partial charge in [-0.25, -0.2) is 0 Å². The Morgan fingerprint density at radius 2 is 1.54 bits per heavy atom. The molecule has 0 saturated carbocycles. The maximum atomic E-state index is 13.4. The van der Waals surface area contributed by atoms with Gasteiger partial charge in [-0.3, -0.25) is 9.78 Å². The number of carbonyl (C=O) groups is 1. The van der Waals surface area contributed by atoms with Gasteiger partial charge in [-0.2, -0.15) is 13.2 Å². The fraction of sp³-hybridized carbons (Fsp3) is 0.429. The number of benzene rings is 3. The molecule has 2 aromatic heterocycles. The first-order valence-electron chi connectivity index (χ1n) is 17.4. The minimum atomic E-state index is -4.25. The first-order chi connectivity index (χ1) is 23.1. The average molecular weight is 881 g/mol. The zero-order valence-corrected chi connectivity index (χ0v) is 33.5. The number of rotatable bonds is 11. The summed E-state index contributed by atoms with van der Waals surface area (Å²) in [5, 5.41) is 14.1. The third kappa shape index (κ3) is 9.23. The van der Waals surface area contributed by atoms with E-state index in [1.807, 2.05) is 70.3 Å². The van der Waals surface area contributed by atoms with E-state index in [2.05, 4.69) is 38.1 Å². The second-order valence-electron chi connectivity index (χ2n) is 13.9. The molecule has 0 aliphatic heterocycles. The number of pyridine rings is 1. The van der Waals surface area contributed by atoms with Crippen LogP contribution in [-0.2, 0) is 31.3 Å². The molecule has 271 valence electrons. The summed E-state index contributed by atoms with van der Waals surface area (Å²) in [5.41, 5.74) is 1.97.